The van der Waals surface area contributed by atoms with E-state index < -0.39 is 0 Å². The van der Waals surface area contributed by atoms with E-state index in [1.807, 2.05) is 11.3 Å². The van der Waals surface area contributed by atoms with Gasteiger partial charge in [0.05, 0.1) is 9.40 Å². The van der Waals surface area contributed by atoms with Crippen LogP contribution in [0.1, 0.15) is 114 Å². The second kappa shape index (κ2) is 14.1. The van der Waals surface area contributed by atoms with Crippen LogP contribution in [0, 0.1) is 23.7 Å². The van der Waals surface area contributed by atoms with Gasteiger partial charge in [-0.3, -0.25) is 0 Å². The zero-order valence-electron chi connectivity index (χ0n) is 28.2. The van der Waals surface area contributed by atoms with E-state index in [0.717, 1.165) is 23.7 Å². The van der Waals surface area contributed by atoms with Gasteiger partial charge in [0, 0.05) is 20.5 Å². The highest BCUT2D eigenvalue weighted by Gasteiger charge is 2.25. The molecule has 44 heavy (non-hydrogen) atoms. The van der Waals surface area contributed by atoms with Crippen molar-refractivity contribution in [3.63, 3.8) is 0 Å². The predicted molar refractivity (Wildman–Crippen MR) is 200 cm³/mol. The number of hydrogen-bond donors (Lipinski definition) is 0. The minimum atomic E-state index is 0.808. The molecule has 0 bridgehead atoms. The van der Waals surface area contributed by atoms with E-state index >= 15 is 0 Å². The lowest BCUT2D eigenvalue weighted by Crippen LogP contribution is -2.03. The lowest BCUT2D eigenvalue weighted by molar-refractivity contribution is 0.437. The van der Waals surface area contributed by atoms with Crippen molar-refractivity contribution in [3.05, 3.63) is 70.1 Å². The zero-order chi connectivity index (χ0) is 30.8. The second-order valence-corrected chi connectivity index (χ2v) is 17.2. The predicted octanol–water partition coefficient (Wildman–Crippen LogP) is 13.8. The minimum absolute atomic E-state index is 0.808. The number of thiophene rings is 2. The van der Waals surface area contributed by atoms with E-state index in [9.17, 15) is 0 Å². The molecule has 2 heterocycles. The molecule has 0 saturated heterocycles. The van der Waals surface area contributed by atoms with Gasteiger partial charge in [0.1, 0.15) is 0 Å². The average Bonchev–Trinajstić information content (AvgIpc) is 3.54. The molecule has 0 spiro atoms. The highest BCUT2D eigenvalue weighted by Crippen LogP contribution is 2.51. The van der Waals surface area contributed by atoms with Crippen molar-refractivity contribution in [1.29, 1.82) is 0 Å². The molecule has 5 aromatic rings. The smallest absolute Gasteiger partial charge is 0.0545 e. The van der Waals surface area contributed by atoms with Crippen LogP contribution >= 0.6 is 22.7 Å². The van der Waals surface area contributed by atoms with Crippen LogP contribution in [0.2, 0.25) is 0 Å². The highest BCUT2D eigenvalue weighted by molar-refractivity contribution is 7.33. The first-order chi connectivity index (χ1) is 21.3. The van der Waals surface area contributed by atoms with Gasteiger partial charge >= 0.3 is 0 Å². The zero-order valence-corrected chi connectivity index (χ0v) is 29.9. The van der Waals surface area contributed by atoms with Crippen molar-refractivity contribution in [1.82, 2.24) is 0 Å². The fourth-order valence-corrected chi connectivity index (χ4v) is 10.3. The first-order valence-electron chi connectivity index (χ1n) is 17.8. The molecule has 2 aromatic heterocycles. The van der Waals surface area contributed by atoms with Gasteiger partial charge in [-0.2, -0.15) is 0 Å². The fourth-order valence-electron chi connectivity index (χ4n) is 7.48. The Balaban J connectivity index is 1.20. The van der Waals surface area contributed by atoms with E-state index in [0.29, 0.717) is 0 Å². The van der Waals surface area contributed by atoms with Crippen LogP contribution < -0.4 is 0 Å². The summed E-state index contributed by atoms with van der Waals surface area (Å²) in [4.78, 5) is 1.60. The van der Waals surface area contributed by atoms with Crippen molar-refractivity contribution in [3.8, 4) is 11.1 Å². The Kier molecular flexibility index (Phi) is 10.2. The molecule has 0 amide bonds. The van der Waals surface area contributed by atoms with E-state index in [2.05, 4.69) is 101 Å². The van der Waals surface area contributed by atoms with E-state index in [-0.39, 0.29) is 0 Å². The first kappa shape index (κ1) is 31.8. The quantitative estimate of drug-likeness (QED) is 0.116. The standard InChI is InChI=1S/C42H54S2/c1-27(2)9-7-11-29(5)13-15-31-17-21-35-33(25-31)19-23-37-39(35)41-42(43-37)40-36-22-18-32(26-34(36)20-24-38(40)44-41)16-14-30(6)12-8-10-28(3)4/h17-19,21-23,25-30H,7-16,20,24H2,1-6H3. The number of fused-ring (bicyclic) bond motifs is 9. The molecule has 2 unspecified atom stereocenters. The fraction of sp³-hybridized carbons (Fsp3) is 0.524. The van der Waals surface area contributed by atoms with Gasteiger partial charge in [0.2, 0.25) is 0 Å². The van der Waals surface area contributed by atoms with Crippen LogP contribution in [-0.2, 0) is 25.7 Å². The summed E-state index contributed by atoms with van der Waals surface area (Å²) in [6.45, 7) is 14.3. The molecular formula is C42H54S2. The average molecular weight is 623 g/mol. The third-order valence-corrected chi connectivity index (χ3v) is 12.9. The van der Waals surface area contributed by atoms with Crippen LogP contribution in [0.3, 0.4) is 0 Å². The third kappa shape index (κ3) is 7.13. The normalized spacial score (nSPS) is 14.6. The molecule has 234 valence electrons. The lowest BCUT2D eigenvalue weighted by atomic mass is 9.87. The molecule has 0 radical (unpaired) electrons. The Bertz CT molecular complexity index is 1710. The van der Waals surface area contributed by atoms with Gasteiger partial charge in [0.15, 0.2) is 0 Å². The van der Waals surface area contributed by atoms with Crippen molar-refractivity contribution >= 4 is 52.9 Å². The molecule has 0 nitrogen and oxygen atoms in total. The Morgan fingerprint density at radius 1 is 0.614 bits per heavy atom. The Labute approximate surface area is 275 Å². The van der Waals surface area contributed by atoms with Crippen LogP contribution in [0.4, 0.5) is 0 Å². The molecule has 2 heteroatoms. The lowest BCUT2D eigenvalue weighted by Gasteiger charge is -2.18. The molecule has 0 aliphatic heterocycles. The molecule has 3 aromatic carbocycles. The summed E-state index contributed by atoms with van der Waals surface area (Å²) in [5.41, 5.74) is 7.67. The summed E-state index contributed by atoms with van der Waals surface area (Å²) < 4.78 is 4.50. The molecule has 0 saturated carbocycles. The maximum Gasteiger partial charge on any atom is 0.0545 e. The maximum atomic E-state index is 2.55. The van der Waals surface area contributed by atoms with Gasteiger partial charge in [0.25, 0.3) is 0 Å². The van der Waals surface area contributed by atoms with Crippen molar-refractivity contribution in [2.24, 2.45) is 23.7 Å². The largest absolute Gasteiger partial charge is 0.138 e. The van der Waals surface area contributed by atoms with Gasteiger partial charge in [-0.1, -0.05) is 123 Å². The summed E-state index contributed by atoms with van der Waals surface area (Å²) >= 11 is 4.11. The van der Waals surface area contributed by atoms with Gasteiger partial charge in [-0.15, -0.1) is 22.7 Å². The molecule has 1 aliphatic carbocycles. The van der Waals surface area contributed by atoms with E-state index in [1.54, 1.807) is 16.0 Å². The van der Waals surface area contributed by atoms with Crippen LogP contribution in [0.5, 0.6) is 0 Å². The first-order valence-corrected chi connectivity index (χ1v) is 19.4. The Morgan fingerprint density at radius 3 is 1.95 bits per heavy atom. The summed E-state index contributed by atoms with van der Waals surface area (Å²) in [6.07, 6.45) is 15.6. The summed E-state index contributed by atoms with van der Waals surface area (Å²) in [6, 6.07) is 19.6. The third-order valence-electron chi connectivity index (χ3n) is 10.3. The summed E-state index contributed by atoms with van der Waals surface area (Å²) in [5.74, 6) is 3.29. The molecule has 0 fully saturated rings. The Morgan fingerprint density at radius 2 is 1.27 bits per heavy atom. The van der Waals surface area contributed by atoms with E-state index in [4.69, 9.17) is 0 Å². The van der Waals surface area contributed by atoms with Gasteiger partial charge < -0.3 is 0 Å². The maximum absolute atomic E-state index is 2.55. The molecule has 1 aliphatic rings. The summed E-state index contributed by atoms with van der Waals surface area (Å²) in [7, 11) is 0. The van der Waals surface area contributed by atoms with Crippen molar-refractivity contribution < 1.29 is 0 Å². The van der Waals surface area contributed by atoms with Gasteiger partial charge in [-0.25, -0.2) is 0 Å². The van der Waals surface area contributed by atoms with Crippen LogP contribution in [-0.4, -0.2) is 0 Å². The molecule has 2 atom stereocenters. The molecular weight excluding hydrogens is 569 g/mol. The van der Waals surface area contributed by atoms with Crippen molar-refractivity contribution in [2.45, 2.75) is 119 Å². The topological polar surface area (TPSA) is 0 Å². The van der Waals surface area contributed by atoms with Crippen molar-refractivity contribution in [2.75, 3.05) is 0 Å². The highest BCUT2D eigenvalue weighted by atomic mass is 32.1. The number of benzene rings is 3. The summed E-state index contributed by atoms with van der Waals surface area (Å²) in [5, 5.41) is 4.36. The van der Waals surface area contributed by atoms with E-state index in [1.165, 1.54) is 124 Å². The van der Waals surface area contributed by atoms with Crippen LogP contribution in [0.25, 0.3) is 41.4 Å². The second-order valence-electron chi connectivity index (χ2n) is 15.1. The Hall–Kier alpha value is -2.16. The SMILES string of the molecule is CC(C)CCCC(C)CCc1ccc2c(c1)CCc1sc3c(sc4ccc5cc(CCC(C)CCCC(C)C)ccc5c43)c1-2. The molecule has 6 rings (SSSR count). The minimum Gasteiger partial charge on any atom is -0.138 e. The molecule has 0 N–H and O–H groups in total. The number of hydrogen-bond acceptors (Lipinski definition) is 2. The number of aryl methyl sites for hydroxylation is 4. The monoisotopic (exact) mass is 622 g/mol. The van der Waals surface area contributed by atoms with Crippen LogP contribution in [0.15, 0.2) is 48.5 Å². The van der Waals surface area contributed by atoms with Gasteiger partial charge in [-0.05, 0) is 101 Å². The number of rotatable bonds is 14.